The van der Waals surface area contributed by atoms with Crippen LogP contribution in [0.4, 0.5) is 11.5 Å². The number of aryl methyl sites for hydroxylation is 2. The average molecular weight is 402 g/mol. The van der Waals surface area contributed by atoms with Gasteiger partial charge in [0, 0.05) is 16.9 Å². The van der Waals surface area contributed by atoms with E-state index in [0.717, 1.165) is 45.2 Å². The molecule has 0 atom stereocenters. The van der Waals surface area contributed by atoms with Gasteiger partial charge in [-0.3, -0.25) is 4.79 Å². The van der Waals surface area contributed by atoms with E-state index in [0.29, 0.717) is 10.2 Å². The van der Waals surface area contributed by atoms with Gasteiger partial charge in [0.1, 0.15) is 5.82 Å². The van der Waals surface area contributed by atoms with Crippen LogP contribution in [0, 0.1) is 13.8 Å². The maximum absolute atomic E-state index is 11.0. The Kier molecular flexibility index (Phi) is 5.77. The fourth-order valence-electron chi connectivity index (χ4n) is 2.94. The third kappa shape index (κ3) is 4.46. The number of carboxylic acid groups (broad SMARTS) is 1. The summed E-state index contributed by atoms with van der Waals surface area (Å²) in [5.41, 5.74) is 4.57. The van der Waals surface area contributed by atoms with Crippen LogP contribution in [-0.2, 0) is 17.6 Å². The van der Waals surface area contributed by atoms with Crippen molar-refractivity contribution >= 4 is 40.4 Å². The maximum Gasteiger partial charge on any atom is 0.307 e. The van der Waals surface area contributed by atoms with Crippen LogP contribution in [0.15, 0.2) is 30.3 Å². The van der Waals surface area contributed by atoms with Crippen molar-refractivity contribution in [2.24, 2.45) is 0 Å². The van der Waals surface area contributed by atoms with Crippen LogP contribution < -0.4 is 5.32 Å². The molecule has 2 aromatic heterocycles. The summed E-state index contributed by atoms with van der Waals surface area (Å²) in [6, 6.07) is 9.42. The van der Waals surface area contributed by atoms with E-state index in [1.807, 2.05) is 44.2 Å². The highest BCUT2D eigenvalue weighted by Crippen LogP contribution is 2.32. The number of halogens is 1. The van der Waals surface area contributed by atoms with Crippen LogP contribution >= 0.6 is 22.9 Å². The molecular weight excluding hydrogens is 382 g/mol. The van der Waals surface area contributed by atoms with Gasteiger partial charge in [-0.2, -0.15) is 0 Å². The van der Waals surface area contributed by atoms with Gasteiger partial charge >= 0.3 is 5.97 Å². The predicted molar refractivity (Wildman–Crippen MR) is 110 cm³/mol. The number of carboxylic acids is 1. The molecule has 0 fully saturated rings. The molecule has 2 N–H and O–H groups in total. The van der Waals surface area contributed by atoms with Gasteiger partial charge < -0.3 is 10.4 Å². The van der Waals surface area contributed by atoms with Crippen LogP contribution in [0.3, 0.4) is 0 Å². The Balaban J connectivity index is 1.97. The zero-order valence-corrected chi connectivity index (χ0v) is 16.9. The molecule has 0 spiro atoms. The highest BCUT2D eigenvalue weighted by atomic mass is 35.5. The number of rotatable bonds is 6. The van der Waals surface area contributed by atoms with Crippen LogP contribution in [-0.4, -0.2) is 21.0 Å². The number of aromatic nitrogens is 2. The van der Waals surface area contributed by atoms with Crippen molar-refractivity contribution in [2.45, 2.75) is 33.6 Å². The Morgan fingerprint density at radius 3 is 2.59 bits per heavy atom. The summed E-state index contributed by atoms with van der Waals surface area (Å²) >= 11 is 7.50. The van der Waals surface area contributed by atoms with E-state index >= 15 is 0 Å². The van der Waals surface area contributed by atoms with E-state index in [4.69, 9.17) is 21.7 Å². The smallest absolute Gasteiger partial charge is 0.307 e. The molecule has 0 saturated heterocycles. The lowest BCUT2D eigenvalue weighted by Crippen LogP contribution is -2.06. The Labute approximate surface area is 167 Å². The molecule has 0 bridgehead atoms. The lowest BCUT2D eigenvalue weighted by Gasteiger charge is -2.14. The first kappa shape index (κ1) is 19.3. The minimum absolute atomic E-state index is 0.0161. The van der Waals surface area contributed by atoms with E-state index in [9.17, 15) is 4.79 Å². The van der Waals surface area contributed by atoms with Crippen molar-refractivity contribution in [1.29, 1.82) is 0 Å². The standard InChI is InChI=1S/C20H20ClN3O2S/c1-4-15-12(3)22-20(16-7-8-17(21)27-16)24-19(15)23-14-6-5-13(10-18(25)26)11(2)9-14/h5-9H,4,10H2,1-3H3,(H,25,26)(H,22,23,24). The number of benzene rings is 1. The number of thiophene rings is 1. The molecule has 2 heterocycles. The Hall–Kier alpha value is -2.44. The van der Waals surface area contributed by atoms with Crippen LogP contribution in [0.25, 0.3) is 10.7 Å². The molecule has 3 rings (SSSR count). The molecule has 0 aliphatic heterocycles. The van der Waals surface area contributed by atoms with Gasteiger partial charge in [-0.05, 0) is 55.7 Å². The van der Waals surface area contributed by atoms with Crippen LogP contribution in [0.2, 0.25) is 4.34 Å². The SMILES string of the molecule is CCc1c(C)nc(-c2ccc(Cl)s2)nc1Nc1ccc(CC(=O)O)c(C)c1. The van der Waals surface area contributed by atoms with Crippen LogP contribution in [0.1, 0.15) is 29.3 Å². The number of aliphatic carboxylic acids is 1. The summed E-state index contributed by atoms with van der Waals surface area (Å²) < 4.78 is 0.699. The molecule has 1 aromatic carbocycles. The first-order valence-electron chi connectivity index (χ1n) is 8.59. The molecule has 0 radical (unpaired) electrons. The monoisotopic (exact) mass is 401 g/mol. The van der Waals surface area contributed by atoms with E-state index < -0.39 is 5.97 Å². The fraction of sp³-hybridized carbons (Fsp3) is 0.250. The molecule has 0 unspecified atom stereocenters. The second-order valence-electron chi connectivity index (χ2n) is 6.25. The largest absolute Gasteiger partial charge is 0.481 e. The average Bonchev–Trinajstić information content (AvgIpc) is 3.03. The highest BCUT2D eigenvalue weighted by molar-refractivity contribution is 7.19. The first-order chi connectivity index (χ1) is 12.9. The number of nitrogens with zero attached hydrogens (tertiary/aromatic N) is 2. The van der Waals surface area contributed by atoms with Gasteiger partial charge in [0.05, 0.1) is 15.6 Å². The van der Waals surface area contributed by atoms with Gasteiger partial charge in [-0.25, -0.2) is 9.97 Å². The Morgan fingerprint density at radius 1 is 1.22 bits per heavy atom. The highest BCUT2D eigenvalue weighted by Gasteiger charge is 2.14. The lowest BCUT2D eigenvalue weighted by molar-refractivity contribution is -0.136. The maximum atomic E-state index is 11.0. The topological polar surface area (TPSA) is 75.1 Å². The predicted octanol–water partition coefficient (Wildman–Crippen LogP) is 5.41. The Bertz CT molecular complexity index is 1000. The van der Waals surface area contributed by atoms with Crippen molar-refractivity contribution in [3.8, 4) is 10.7 Å². The number of hydrogen-bond donors (Lipinski definition) is 2. The van der Waals surface area contributed by atoms with Gasteiger partial charge in [-0.15, -0.1) is 11.3 Å². The van der Waals surface area contributed by atoms with Crippen LogP contribution in [0.5, 0.6) is 0 Å². The molecule has 0 amide bonds. The van der Waals surface area contributed by atoms with Crippen molar-refractivity contribution < 1.29 is 9.90 Å². The number of anilines is 2. The van der Waals surface area contributed by atoms with Crippen molar-refractivity contribution in [3.05, 3.63) is 57.1 Å². The minimum atomic E-state index is -0.835. The zero-order valence-electron chi connectivity index (χ0n) is 15.3. The number of nitrogens with one attached hydrogen (secondary N) is 1. The zero-order chi connectivity index (χ0) is 19.6. The molecular formula is C20H20ClN3O2S. The second kappa shape index (κ2) is 8.06. The number of carbonyl (C=O) groups is 1. The fourth-order valence-corrected chi connectivity index (χ4v) is 3.92. The van der Waals surface area contributed by atoms with Gasteiger partial charge in [0.25, 0.3) is 0 Å². The van der Waals surface area contributed by atoms with Crippen molar-refractivity contribution in [2.75, 3.05) is 5.32 Å². The van der Waals surface area contributed by atoms with Gasteiger partial charge in [0.15, 0.2) is 5.82 Å². The lowest BCUT2D eigenvalue weighted by atomic mass is 10.0. The van der Waals surface area contributed by atoms with E-state index in [-0.39, 0.29) is 6.42 Å². The molecule has 5 nitrogen and oxygen atoms in total. The summed E-state index contributed by atoms with van der Waals surface area (Å²) in [5, 5.41) is 12.4. The van der Waals surface area contributed by atoms with Gasteiger partial charge in [-0.1, -0.05) is 24.6 Å². The first-order valence-corrected chi connectivity index (χ1v) is 9.78. The molecule has 0 saturated carbocycles. The van der Waals surface area contributed by atoms with Crippen molar-refractivity contribution in [3.63, 3.8) is 0 Å². The third-order valence-corrected chi connectivity index (χ3v) is 5.54. The minimum Gasteiger partial charge on any atom is -0.481 e. The molecule has 3 aromatic rings. The molecule has 0 aliphatic rings. The summed E-state index contributed by atoms with van der Waals surface area (Å²) in [6.07, 6.45) is 0.817. The summed E-state index contributed by atoms with van der Waals surface area (Å²) in [7, 11) is 0. The molecule has 27 heavy (non-hydrogen) atoms. The molecule has 7 heteroatoms. The quantitative estimate of drug-likeness (QED) is 0.577. The third-order valence-electron chi connectivity index (χ3n) is 4.31. The normalized spacial score (nSPS) is 10.8. The Morgan fingerprint density at radius 2 is 2.00 bits per heavy atom. The number of hydrogen-bond acceptors (Lipinski definition) is 5. The summed E-state index contributed by atoms with van der Waals surface area (Å²) in [5.74, 6) is 0.566. The van der Waals surface area contributed by atoms with Gasteiger partial charge in [0.2, 0.25) is 0 Å². The molecule has 0 aliphatic carbocycles. The summed E-state index contributed by atoms with van der Waals surface area (Å²) in [4.78, 5) is 21.2. The summed E-state index contributed by atoms with van der Waals surface area (Å²) in [6.45, 7) is 5.96. The second-order valence-corrected chi connectivity index (χ2v) is 7.97. The van der Waals surface area contributed by atoms with E-state index in [1.165, 1.54) is 11.3 Å². The molecule has 140 valence electrons. The van der Waals surface area contributed by atoms with E-state index in [1.54, 1.807) is 0 Å². The van der Waals surface area contributed by atoms with Crippen molar-refractivity contribution in [1.82, 2.24) is 9.97 Å². The van der Waals surface area contributed by atoms with E-state index in [2.05, 4.69) is 17.2 Å².